The number of aromatic nitrogens is 2. The van der Waals surface area contributed by atoms with E-state index < -0.39 is 0 Å². The molecule has 5 heteroatoms. The monoisotopic (exact) mass is 154 g/mol. The molecule has 0 spiro atoms. The van der Waals surface area contributed by atoms with Crippen molar-refractivity contribution >= 4 is 17.4 Å². The summed E-state index contributed by atoms with van der Waals surface area (Å²) in [6, 6.07) is 1.75. The van der Waals surface area contributed by atoms with Gasteiger partial charge in [-0.15, -0.1) is 0 Å². The molecule has 1 aromatic heterocycles. The third kappa shape index (κ3) is 1.14. The lowest BCUT2D eigenvalue weighted by atomic mass is 10.5. The van der Waals surface area contributed by atoms with Gasteiger partial charge in [-0.3, -0.25) is 0 Å². The Balaban J connectivity index is 3.25. The lowest BCUT2D eigenvalue weighted by Crippen LogP contribution is -1.94. The van der Waals surface area contributed by atoms with Crippen molar-refractivity contribution in [1.29, 1.82) is 5.26 Å². The van der Waals surface area contributed by atoms with Crippen molar-refractivity contribution in [3.63, 3.8) is 0 Å². The minimum absolute atomic E-state index is 0.0571. The Bertz CT molecular complexity index is 290. The van der Waals surface area contributed by atoms with Crippen LogP contribution in [0.15, 0.2) is 6.20 Å². The molecule has 0 bridgehead atoms. The van der Waals surface area contributed by atoms with Crippen LogP contribution in [-0.2, 0) is 0 Å². The first-order valence-corrected chi connectivity index (χ1v) is 2.80. The zero-order valence-electron chi connectivity index (χ0n) is 4.87. The van der Waals surface area contributed by atoms with Crippen LogP contribution in [0, 0.1) is 11.3 Å². The van der Waals surface area contributed by atoms with Crippen molar-refractivity contribution in [2.45, 2.75) is 0 Å². The molecular formula is C5H3ClN4. The van der Waals surface area contributed by atoms with Gasteiger partial charge in [-0.2, -0.15) is 5.26 Å². The minimum atomic E-state index is 0.0571. The molecule has 0 aliphatic carbocycles. The van der Waals surface area contributed by atoms with E-state index in [4.69, 9.17) is 22.6 Å². The molecule has 0 aliphatic rings. The van der Waals surface area contributed by atoms with E-state index in [2.05, 4.69) is 9.97 Å². The summed E-state index contributed by atoms with van der Waals surface area (Å²) in [6.45, 7) is 0. The van der Waals surface area contributed by atoms with E-state index in [9.17, 15) is 0 Å². The maximum atomic E-state index is 8.35. The van der Waals surface area contributed by atoms with Crippen LogP contribution in [0.5, 0.6) is 0 Å². The Kier molecular flexibility index (Phi) is 1.69. The van der Waals surface area contributed by atoms with E-state index in [0.717, 1.165) is 0 Å². The normalized spacial score (nSPS) is 8.80. The van der Waals surface area contributed by atoms with Gasteiger partial charge in [-0.05, 0) is 0 Å². The molecule has 1 aromatic rings. The predicted octanol–water partition coefficient (Wildman–Crippen LogP) is 0.584. The molecule has 0 atom stereocenters. The molecule has 0 aromatic carbocycles. The Labute approximate surface area is 62.3 Å². The molecule has 2 N–H and O–H groups in total. The third-order valence-electron chi connectivity index (χ3n) is 0.852. The quantitative estimate of drug-likeness (QED) is 0.593. The van der Waals surface area contributed by atoms with Crippen molar-refractivity contribution in [2.24, 2.45) is 0 Å². The van der Waals surface area contributed by atoms with Gasteiger partial charge in [-0.1, -0.05) is 11.6 Å². The standard InChI is InChI=1S/C5H3ClN4/c6-5-3(1-7)10-4(8)2-9-5/h2H,(H2,8,10). The number of rotatable bonds is 0. The van der Waals surface area contributed by atoms with Crippen LogP contribution in [0.1, 0.15) is 5.69 Å². The van der Waals surface area contributed by atoms with Crippen molar-refractivity contribution < 1.29 is 0 Å². The summed E-state index contributed by atoms with van der Waals surface area (Å²) in [6.07, 6.45) is 1.29. The van der Waals surface area contributed by atoms with Crippen LogP contribution in [0.3, 0.4) is 0 Å². The van der Waals surface area contributed by atoms with Crippen LogP contribution >= 0.6 is 11.6 Å². The lowest BCUT2D eigenvalue weighted by molar-refractivity contribution is 1.17. The van der Waals surface area contributed by atoms with Crippen LogP contribution in [0.25, 0.3) is 0 Å². The second kappa shape index (κ2) is 2.50. The number of nitrogens with zero attached hydrogens (tertiary/aromatic N) is 3. The average molecular weight is 155 g/mol. The number of hydrogen-bond acceptors (Lipinski definition) is 4. The van der Waals surface area contributed by atoms with E-state index in [0.29, 0.717) is 0 Å². The number of anilines is 1. The highest BCUT2D eigenvalue weighted by Gasteiger charge is 2.00. The molecule has 0 amide bonds. The van der Waals surface area contributed by atoms with Crippen molar-refractivity contribution in [1.82, 2.24) is 9.97 Å². The summed E-state index contributed by atoms with van der Waals surface area (Å²) < 4.78 is 0. The number of nitriles is 1. The molecule has 0 radical (unpaired) electrons. The summed E-state index contributed by atoms with van der Waals surface area (Å²) >= 11 is 5.44. The molecule has 0 unspecified atom stereocenters. The summed E-state index contributed by atoms with van der Waals surface area (Å²) in [4.78, 5) is 7.22. The number of hydrogen-bond donors (Lipinski definition) is 1. The Morgan fingerprint density at radius 3 is 2.90 bits per heavy atom. The molecule has 1 rings (SSSR count). The lowest BCUT2D eigenvalue weighted by Gasteiger charge is -1.92. The number of halogens is 1. The summed E-state index contributed by atoms with van der Waals surface area (Å²) in [5.41, 5.74) is 5.28. The van der Waals surface area contributed by atoms with Gasteiger partial charge < -0.3 is 5.73 Å². The predicted molar refractivity (Wildman–Crippen MR) is 36.2 cm³/mol. The molecule has 0 aliphatic heterocycles. The summed E-state index contributed by atoms with van der Waals surface area (Å²) in [7, 11) is 0. The highest BCUT2D eigenvalue weighted by atomic mass is 35.5. The molecule has 0 fully saturated rings. The van der Waals surface area contributed by atoms with Gasteiger partial charge in [0.15, 0.2) is 10.8 Å². The first kappa shape index (κ1) is 6.78. The van der Waals surface area contributed by atoms with E-state index in [1.54, 1.807) is 6.07 Å². The van der Waals surface area contributed by atoms with Gasteiger partial charge in [0, 0.05) is 0 Å². The van der Waals surface area contributed by atoms with Gasteiger partial charge in [0.1, 0.15) is 11.9 Å². The van der Waals surface area contributed by atoms with Gasteiger partial charge >= 0.3 is 0 Å². The zero-order valence-corrected chi connectivity index (χ0v) is 5.63. The largest absolute Gasteiger partial charge is 0.382 e. The fourth-order valence-electron chi connectivity index (χ4n) is 0.459. The fraction of sp³-hybridized carbons (Fsp3) is 0. The van der Waals surface area contributed by atoms with E-state index >= 15 is 0 Å². The average Bonchev–Trinajstić information content (AvgIpc) is 1.94. The zero-order chi connectivity index (χ0) is 7.56. The maximum absolute atomic E-state index is 8.35. The Morgan fingerprint density at radius 1 is 1.70 bits per heavy atom. The number of nitrogen functional groups attached to an aromatic ring is 1. The van der Waals surface area contributed by atoms with E-state index in [-0.39, 0.29) is 16.7 Å². The minimum Gasteiger partial charge on any atom is -0.382 e. The van der Waals surface area contributed by atoms with Gasteiger partial charge in [0.25, 0.3) is 0 Å². The van der Waals surface area contributed by atoms with Gasteiger partial charge in [0.05, 0.1) is 6.20 Å². The molecule has 4 nitrogen and oxygen atoms in total. The number of nitrogens with two attached hydrogens (primary N) is 1. The van der Waals surface area contributed by atoms with Crippen LogP contribution in [0.4, 0.5) is 5.82 Å². The first-order valence-electron chi connectivity index (χ1n) is 2.42. The fourth-order valence-corrected chi connectivity index (χ4v) is 0.592. The second-order valence-corrected chi connectivity index (χ2v) is 1.90. The maximum Gasteiger partial charge on any atom is 0.180 e. The van der Waals surface area contributed by atoms with Crippen molar-refractivity contribution in [3.05, 3.63) is 17.0 Å². The molecule has 0 saturated heterocycles. The van der Waals surface area contributed by atoms with Crippen LogP contribution < -0.4 is 5.73 Å². The molecule has 10 heavy (non-hydrogen) atoms. The van der Waals surface area contributed by atoms with E-state index in [1.165, 1.54) is 6.20 Å². The Morgan fingerprint density at radius 2 is 2.40 bits per heavy atom. The molecule has 1 heterocycles. The summed E-state index contributed by atoms with van der Waals surface area (Å²) in [5, 5.41) is 8.43. The van der Waals surface area contributed by atoms with Gasteiger partial charge in [-0.25, -0.2) is 9.97 Å². The third-order valence-corrected chi connectivity index (χ3v) is 1.13. The van der Waals surface area contributed by atoms with Crippen molar-refractivity contribution in [3.8, 4) is 6.07 Å². The highest BCUT2D eigenvalue weighted by Crippen LogP contribution is 2.08. The van der Waals surface area contributed by atoms with Crippen LogP contribution in [-0.4, -0.2) is 9.97 Å². The molecular weight excluding hydrogens is 152 g/mol. The topological polar surface area (TPSA) is 75.6 Å². The Hall–Kier alpha value is -1.34. The van der Waals surface area contributed by atoms with E-state index in [1.807, 2.05) is 0 Å². The van der Waals surface area contributed by atoms with Crippen LogP contribution in [0.2, 0.25) is 5.15 Å². The first-order chi connectivity index (χ1) is 4.74. The SMILES string of the molecule is N#Cc1nc(N)cnc1Cl. The second-order valence-electron chi connectivity index (χ2n) is 1.55. The summed E-state index contributed by atoms with van der Waals surface area (Å²) in [5.74, 6) is 0.195. The van der Waals surface area contributed by atoms with Crippen molar-refractivity contribution in [2.75, 3.05) is 5.73 Å². The van der Waals surface area contributed by atoms with Gasteiger partial charge in [0.2, 0.25) is 0 Å². The molecule has 50 valence electrons. The smallest absolute Gasteiger partial charge is 0.180 e. The highest BCUT2D eigenvalue weighted by molar-refractivity contribution is 6.30. The molecule has 0 saturated carbocycles.